The second kappa shape index (κ2) is 3.31. The Morgan fingerprint density at radius 2 is 2.00 bits per heavy atom. The zero-order valence-corrected chi connectivity index (χ0v) is 8.43. The van der Waals surface area contributed by atoms with Crippen LogP contribution in [0.2, 0.25) is 0 Å². The van der Waals surface area contributed by atoms with Crippen molar-refractivity contribution in [2.75, 3.05) is 6.61 Å². The minimum absolute atomic E-state index is 0.229. The van der Waals surface area contributed by atoms with Gasteiger partial charge in [-0.2, -0.15) is 13.9 Å². The number of alkyl halides is 2. The summed E-state index contributed by atoms with van der Waals surface area (Å²) < 4.78 is 26.4. The van der Waals surface area contributed by atoms with E-state index in [2.05, 4.69) is 10.2 Å². The van der Waals surface area contributed by atoms with Crippen LogP contribution < -0.4 is 0 Å². The van der Waals surface area contributed by atoms with Crippen molar-refractivity contribution in [3.63, 3.8) is 0 Å². The number of halogens is 2. The molecule has 5 heteroatoms. The van der Waals surface area contributed by atoms with E-state index < -0.39 is 17.9 Å². The van der Waals surface area contributed by atoms with Crippen LogP contribution in [-0.2, 0) is 11.3 Å². The third kappa shape index (κ3) is 1.92. The van der Waals surface area contributed by atoms with Gasteiger partial charge in [-0.25, -0.2) is 0 Å². The molecule has 2 N–H and O–H groups in total. The summed E-state index contributed by atoms with van der Waals surface area (Å²) in [6.45, 7) is 4.21. The third-order valence-electron chi connectivity index (χ3n) is 1.98. The monoisotopic (exact) mass is 204 g/mol. The molecule has 3 nitrogen and oxygen atoms in total. The standard InChI is InChI=1S/C9H14F2N2O/c1-8(2,3)7-6(4-12-13-7)9(10,11)5-14/h4,14H,5H2,1-3H3,(H,12,13). The SMILES string of the molecule is CC(C)(C)c1[nH]ncc1C(F)(F)CO. The fourth-order valence-electron chi connectivity index (χ4n) is 1.22. The van der Waals surface area contributed by atoms with Crippen molar-refractivity contribution >= 4 is 0 Å². The van der Waals surface area contributed by atoms with Crippen molar-refractivity contribution < 1.29 is 13.9 Å². The molecule has 0 saturated heterocycles. The Morgan fingerprint density at radius 1 is 1.43 bits per heavy atom. The fraction of sp³-hybridized carbons (Fsp3) is 0.667. The molecule has 1 rings (SSSR count). The summed E-state index contributed by atoms with van der Waals surface area (Å²) in [6, 6.07) is 0. The lowest BCUT2D eigenvalue weighted by Gasteiger charge is -2.21. The number of aromatic amines is 1. The van der Waals surface area contributed by atoms with Crippen molar-refractivity contribution in [1.82, 2.24) is 10.2 Å². The van der Waals surface area contributed by atoms with Gasteiger partial charge in [-0.1, -0.05) is 20.8 Å². The van der Waals surface area contributed by atoms with Crippen LogP contribution in [0, 0.1) is 0 Å². The van der Waals surface area contributed by atoms with Crippen LogP contribution in [0.1, 0.15) is 32.0 Å². The van der Waals surface area contributed by atoms with Crippen molar-refractivity contribution in [2.45, 2.75) is 32.1 Å². The number of aliphatic hydroxyl groups excluding tert-OH is 1. The number of H-pyrrole nitrogens is 1. The number of rotatable bonds is 2. The van der Waals surface area contributed by atoms with Crippen molar-refractivity contribution in [1.29, 1.82) is 0 Å². The lowest BCUT2D eigenvalue weighted by molar-refractivity contribution is -0.0568. The number of nitrogens with zero attached hydrogens (tertiary/aromatic N) is 1. The van der Waals surface area contributed by atoms with Crippen LogP contribution >= 0.6 is 0 Å². The van der Waals surface area contributed by atoms with Gasteiger partial charge < -0.3 is 5.11 Å². The molecule has 0 fully saturated rings. The summed E-state index contributed by atoms with van der Waals surface area (Å²) in [6.07, 6.45) is 1.07. The Bertz CT molecular complexity index is 315. The highest BCUT2D eigenvalue weighted by Crippen LogP contribution is 2.34. The number of aromatic nitrogens is 2. The molecule has 1 heterocycles. The number of hydrogen-bond acceptors (Lipinski definition) is 2. The molecule has 0 radical (unpaired) electrons. The van der Waals surface area contributed by atoms with Crippen LogP contribution in [0.5, 0.6) is 0 Å². The average Bonchev–Trinajstić information content (AvgIpc) is 2.51. The average molecular weight is 204 g/mol. The molecule has 0 bridgehead atoms. The molecule has 0 aliphatic carbocycles. The van der Waals surface area contributed by atoms with Gasteiger partial charge in [0.05, 0.1) is 11.8 Å². The van der Waals surface area contributed by atoms with Crippen molar-refractivity contribution in [3.05, 3.63) is 17.5 Å². The molecule has 0 atom stereocenters. The lowest BCUT2D eigenvalue weighted by Crippen LogP contribution is -2.24. The number of aliphatic hydroxyl groups is 1. The number of hydrogen-bond donors (Lipinski definition) is 2. The summed E-state index contributed by atoms with van der Waals surface area (Å²) in [5, 5.41) is 14.7. The van der Waals surface area contributed by atoms with Crippen LogP contribution in [-0.4, -0.2) is 21.9 Å². The second-order valence-electron chi connectivity index (χ2n) is 4.27. The predicted molar refractivity (Wildman–Crippen MR) is 48.3 cm³/mol. The van der Waals surface area contributed by atoms with Gasteiger partial charge >= 0.3 is 0 Å². The Balaban J connectivity index is 3.18. The molecule has 1 aromatic rings. The zero-order valence-electron chi connectivity index (χ0n) is 8.43. The van der Waals surface area contributed by atoms with Crippen molar-refractivity contribution in [2.24, 2.45) is 0 Å². The summed E-state index contributed by atoms with van der Waals surface area (Å²) in [7, 11) is 0. The fourth-order valence-corrected chi connectivity index (χ4v) is 1.22. The first-order valence-electron chi connectivity index (χ1n) is 4.32. The van der Waals surface area contributed by atoms with Gasteiger partial charge in [0.15, 0.2) is 0 Å². The molecular formula is C9H14F2N2O. The first kappa shape index (κ1) is 11.1. The van der Waals surface area contributed by atoms with Gasteiger partial charge in [-0.15, -0.1) is 0 Å². The highest BCUT2D eigenvalue weighted by Gasteiger charge is 2.37. The van der Waals surface area contributed by atoms with Crippen LogP contribution in [0.15, 0.2) is 6.20 Å². The molecule has 0 aliphatic rings. The summed E-state index contributed by atoms with van der Waals surface area (Å²) in [5.41, 5.74) is -0.311. The van der Waals surface area contributed by atoms with E-state index in [4.69, 9.17) is 5.11 Å². The van der Waals surface area contributed by atoms with Crippen LogP contribution in [0.3, 0.4) is 0 Å². The minimum atomic E-state index is -3.23. The highest BCUT2D eigenvalue weighted by molar-refractivity contribution is 5.27. The quantitative estimate of drug-likeness (QED) is 0.771. The molecule has 0 unspecified atom stereocenters. The summed E-state index contributed by atoms with van der Waals surface area (Å²) in [5.74, 6) is -3.23. The van der Waals surface area contributed by atoms with E-state index >= 15 is 0 Å². The maximum atomic E-state index is 13.2. The van der Waals surface area contributed by atoms with Gasteiger partial charge in [0.25, 0.3) is 5.92 Å². The molecule has 0 amide bonds. The maximum absolute atomic E-state index is 13.2. The first-order chi connectivity index (χ1) is 6.29. The van der Waals surface area contributed by atoms with Crippen LogP contribution in [0.4, 0.5) is 8.78 Å². The van der Waals surface area contributed by atoms with E-state index in [-0.39, 0.29) is 5.56 Å². The normalized spacial score (nSPS) is 13.3. The van der Waals surface area contributed by atoms with Gasteiger partial charge in [0, 0.05) is 11.1 Å². The summed E-state index contributed by atoms with van der Waals surface area (Å²) >= 11 is 0. The largest absolute Gasteiger partial charge is 0.390 e. The second-order valence-corrected chi connectivity index (χ2v) is 4.27. The Morgan fingerprint density at radius 3 is 2.43 bits per heavy atom. The van der Waals surface area contributed by atoms with E-state index in [1.54, 1.807) is 20.8 Å². The topological polar surface area (TPSA) is 48.9 Å². The molecule has 0 saturated carbocycles. The van der Waals surface area contributed by atoms with Gasteiger partial charge in [-0.05, 0) is 0 Å². The van der Waals surface area contributed by atoms with E-state index in [1.807, 2.05) is 0 Å². The lowest BCUT2D eigenvalue weighted by atomic mass is 9.88. The van der Waals surface area contributed by atoms with E-state index in [0.717, 1.165) is 6.20 Å². The molecule has 0 aromatic carbocycles. The molecule has 80 valence electrons. The van der Waals surface area contributed by atoms with Crippen LogP contribution in [0.25, 0.3) is 0 Å². The maximum Gasteiger partial charge on any atom is 0.299 e. The zero-order chi connectivity index (χ0) is 11.0. The predicted octanol–water partition coefficient (Wildman–Crippen LogP) is 1.79. The number of nitrogens with one attached hydrogen (secondary N) is 1. The van der Waals surface area contributed by atoms with E-state index in [0.29, 0.717) is 5.69 Å². The van der Waals surface area contributed by atoms with E-state index in [1.165, 1.54) is 0 Å². The van der Waals surface area contributed by atoms with Gasteiger partial charge in [0.1, 0.15) is 6.61 Å². The Labute approximate surface area is 81.1 Å². The van der Waals surface area contributed by atoms with Gasteiger partial charge in [0.2, 0.25) is 0 Å². The molecular weight excluding hydrogens is 190 g/mol. The Hall–Kier alpha value is -0.970. The van der Waals surface area contributed by atoms with E-state index in [9.17, 15) is 8.78 Å². The van der Waals surface area contributed by atoms with Crippen molar-refractivity contribution in [3.8, 4) is 0 Å². The van der Waals surface area contributed by atoms with Gasteiger partial charge in [-0.3, -0.25) is 5.10 Å². The smallest absolute Gasteiger partial charge is 0.299 e. The first-order valence-corrected chi connectivity index (χ1v) is 4.32. The molecule has 14 heavy (non-hydrogen) atoms. The highest BCUT2D eigenvalue weighted by atomic mass is 19.3. The molecule has 1 aromatic heterocycles. The molecule has 0 spiro atoms. The third-order valence-corrected chi connectivity index (χ3v) is 1.98. The minimum Gasteiger partial charge on any atom is -0.390 e. The Kier molecular flexibility index (Phi) is 2.63. The summed E-state index contributed by atoms with van der Waals surface area (Å²) in [4.78, 5) is 0. The molecule has 0 aliphatic heterocycles.